The Labute approximate surface area is 80.6 Å². The molecular formula is C9H11BrN2. The van der Waals surface area contributed by atoms with Crippen molar-refractivity contribution < 1.29 is 0 Å². The molecular weight excluding hydrogens is 216 g/mol. The highest BCUT2D eigenvalue weighted by Gasteiger charge is 2.06. The van der Waals surface area contributed by atoms with Gasteiger partial charge in [-0.15, -0.1) is 6.58 Å². The van der Waals surface area contributed by atoms with E-state index in [0.717, 1.165) is 15.6 Å². The lowest BCUT2D eigenvalue weighted by atomic mass is 10.1. The summed E-state index contributed by atoms with van der Waals surface area (Å²) in [4.78, 5) is 4.04. The zero-order valence-electron chi connectivity index (χ0n) is 6.92. The number of nitrogens with zero attached hydrogens (tertiary/aromatic N) is 1. The molecule has 0 aromatic carbocycles. The second kappa shape index (κ2) is 3.83. The molecule has 0 fully saturated rings. The lowest BCUT2D eigenvalue weighted by Crippen LogP contribution is -2.08. The number of hydrogen-bond acceptors (Lipinski definition) is 2. The monoisotopic (exact) mass is 226 g/mol. The van der Waals surface area contributed by atoms with Crippen LogP contribution in [0.4, 0.5) is 0 Å². The third kappa shape index (κ3) is 1.73. The molecule has 2 nitrogen and oxygen atoms in total. The van der Waals surface area contributed by atoms with Gasteiger partial charge in [0.25, 0.3) is 0 Å². The average Bonchev–Trinajstić information content (AvgIpc) is 2.08. The molecule has 0 saturated carbocycles. The summed E-state index contributed by atoms with van der Waals surface area (Å²) in [5, 5.41) is 0. The Bertz CT molecular complexity index is 297. The maximum atomic E-state index is 5.79. The Morgan fingerprint density at radius 2 is 2.33 bits per heavy atom. The summed E-state index contributed by atoms with van der Waals surface area (Å²) >= 11 is 3.39. The van der Waals surface area contributed by atoms with E-state index in [4.69, 9.17) is 5.73 Å². The Hall–Kier alpha value is -0.670. The summed E-state index contributed by atoms with van der Waals surface area (Å²) in [5.74, 6) is 0. The van der Waals surface area contributed by atoms with E-state index in [1.54, 1.807) is 18.5 Å². The number of aromatic nitrogens is 1. The van der Waals surface area contributed by atoms with Gasteiger partial charge in [-0.05, 0) is 34.0 Å². The number of hydrogen-bond donors (Lipinski definition) is 1. The van der Waals surface area contributed by atoms with E-state index in [-0.39, 0.29) is 6.04 Å². The van der Waals surface area contributed by atoms with Crippen LogP contribution in [0, 0.1) is 6.92 Å². The molecule has 0 unspecified atom stereocenters. The minimum Gasteiger partial charge on any atom is -0.321 e. The molecule has 0 bridgehead atoms. The summed E-state index contributed by atoms with van der Waals surface area (Å²) < 4.78 is 0.984. The van der Waals surface area contributed by atoms with E-state index in [1.807, 2.05) is 6.92 Å². The van der Waals surface area contributed by atoms with Crippen LogP contribution in [0.1, 0.15) is 17.2 Å². The normalized spacial score (nSPS) is 12.6. The fraction of sp³-hybridized carbons (Fsp3) is 0.222. The van der Waals surface area contributed by atoms with Gasteiger partial charge < -0.3 is 5.73 Å². The zero-order chi connectivity index (χ0) is 9.14. The van der Waals surface area contributed by atoms with Gasteiger partial charge in [0.2, 0.25) is 0 Å². The van der Waals surface area contributed by atoms with Gasteiger partial charge in [-0.1, -0.05) is 6.08 Å². The van der Waals surface area contributed by atoms with Crippen LogP contribution in [0.5, 0.6) is 0 Å². The van der Waals surface area contributed by atoms with Gasteiger partial charge in [0.15, 0.2) is 0 Å². The fourth-order valence-electron chi connectivity index (χ4n) is 0.978. The highest BCUT2D eigenvalue weighted by molar-refractivity contribution is 9.10. The maximum Gasteiger partial charge on any atom is 0.0496 e. The van der Waals surface area contributed by atoms with Crippen molar-refractivity contribution >= 4 is 15.9 Å². The van der Waals surface area contributed by atoms with E-state index in [2.05, 4.69) is 27.5 Å². The molecule has 64 valence electrons. The summed E-state index contributed by atoms with van der Waals surface area (Å²) in [7, 11) is 0. The van der Waals surface area contributed by atoms with Crippen molar-refractivity contribution in [2.24, 2.45) is 5.73 Å². The molecule has 0 radical (unpaired) electrons. The molecule has 1 aromatic rings. The first-order chi connectivity index (χ1) is 5.66. The number of pyridine rings is 1. The van der Waals surface area contributed by atoms with Crippen LogP contribution in [-0.4, -0.2) is 4.98 Å². The van der Waals surface area contributed by atoms with Crippen molar-refractivity contribution in [3.63, 3.8) is 0 Å². The van der Waals surface area contributed by atoms with E-state index >= 15 is 0 Å². The first kappa shape index (κ1) is 9.42. The zero-order valence-corrected chi connectivity index (χ0v) is 8.51. The standard InChI is InChI=1S/C9H11BrN2/c1-3-9(11)7-4-12-5-8(10)6(7)2/h3-5,9H,1,11H2,2H3/t9-/m0/s1. The maximum absolute atomic E-state index is 5.79. The Kier molecular flexibility index (Phi) is 3.00. The lowest BCUT2D eigenvalue weighted by Gasteiger charge is -2.10. The van der Waals surface area contributed by atoms with Crippen molar-refractivity contribution in [2.75, 3.05) is 0 Å². The average molecular weight is 227 g/mol. The minimum absolute atomic E-state index is 0.130. The first-order valence-electron chi connectivity index (χ1n) is 3.65. The van der Waals surface area contributed by atoms with E-state index in [9.17, 15) is 0 Å². The second-order valence-electron chi connectivity index (χ2n) is 2.60. The SMILES string of the molecule is C=C[C@H](N)c1cncc(Br)c1C. The predicted octanol–water partition coefficient (Wildman–Crippen LogP) is 2.34. The molecule has 0 aliphatic heterocycles. The molecule has 1 atom stereocenters. The first-order valence-corrected chi connectivity index (χ1v) is 4.44. The number of nitrogens with two attached hydrogens (primary N) is 1. The largest absolute Gasteiger partial charge is 0.321 e. The molecule has 2 N–H and O–H groups in total. The quantitative estimate of drug-likeness (QED) is 0.787. The van der Waals surface area contributed by atoms with E-state index < -0.39 is 0 Å². The fourth-order valence-corrected chi connectivity index (χ4v) is 1.32. The topological polar surface area (TPSA) is 38.9 Å². The van der Waals surface area contributed by atoms with Crippen molar-refractivity contribution in [2.45, 2.75) is 13.0 Å². The highest BCUT2D eigenvalue weighted by Crippen LogP contribution is 2.22. The molecule has 0 spiro atoms. The van der Waals surface area contributed by atoms with E-state index in [1.165, 1.54) is 0 Å². The van der Waals surface area contributed by atoms with Crippen molar-refractivity contribution in [1.82, 2.24) is 4.98 Å². The summed E-state index contributed by atoms with van der Waals surface area (Å²) in [6.45, 7) is 5.64. The van der Waals surface area contributed by atoms with Gasteiger partial charge in [-0.25, -0.2) is 0 Å². The minimum atomic E-state index is -0.130. The van der Waals surface area contributed by atoms with Gasteiger partial charge in [-0.3, -0.25) is 4.98 Å². The van der Waals surface area contributed by atoms with Gasteiger partial charge in [0.1, 0.15) is 0 Å². The molecule has 1 aromatic heterocycles. The molecule has 12 heavy (non-hydrogen) atoms. The van der Waals surface area contributed by atoms with Crippen molar-refractivity contribution in [1.29, 1.82) is 0 Å². The highest BCUT2D eigenvalue weighted by atomic mass is 79.9. The Morgan fingerprint density at radius 1 is 1.67 bits per heavy atom. The number of halogens is 1. The molecule has 0 saturated heterocycles. The lowest BCUT2D eigenvalue weighted by molar-refractivity contribution is 0.888. The van der Waals surface area contributed by atoms with Crippen LogP contribution in [-0.2, 0) is 0 Å². The summed E-state index contributed by atoms with van der Waals surface area (Å²) in [6, 6.07) is -0.130. The van der Waals surface area contributed by atoms with Gasteiger partial charge in [0.05, 0.1) is 0 Å². The van der Waals surface area contributed by atoms with Crippen molar-refractivity contribution in [3.05, 3.63) is 40.6 Å². The van der Waals surface area contributed by atoms with Crippen LogP contribution in [0.3, 0.4) is 0 Å². The molecule has 0 aliphatic rings. The molecule has 3 heteroatoms. The predicted molar refractivity (Wildman–Crippen MR) is 53.8 cm³/mol. The van der Waals surface area contributed by atoms with Crippen LogP contribution >= 0.6 is 15.9 Å². The molecule has 0 aliphatic carbocycles. The molecule has 0 amide bonds. The molecule has 1 heterocycles. The third-order valence-electron chi connectivity index (χ3n) is 1.81. The summed E-state index contributed by atoms with van der Waals surface area (Å²) in [5.41, 5.74) is 7.92. The van der Waals surface area contributed by atoms with Gasteiger partial charge in [-0.2, -0.15) is 0 Å². The van der Waals surface area contributed by atoms with Crippen LogP contribution in [0.2, 0.25) is 0 Å². The van der Waals surface area contributed by atoms with Crippen LogP contribution < -0.4 is 5.73 Å². The van der Waals surface area contributed by atoms with Gasteiger partial charge >= 0.3 is 0 Å². The Balaban J connectivity index is 3.15. The summed E-state index contributed by atoms with van der Waals surface area (Å²) in [6.07, 6.45) is 5.23. The van der Waals surface area contributed by atoms with Crippen molar-refractivity contribution in [3.8, 4) is 0 Å². The van der Waals surface area contributed by atoms with Crippen LogP contribution in [0.25, 0.3) is 0 Å². The van der Waals surface area contributed by atoms with E-state index in [0.29, 0.717) is 0 Å². The second-order valence-corrected chi connectivity index (χ2v) is 3.45. The van der Waals surface area contributed by atoms with Crippen LogP contribution in [0.15, 0.2) is 29.5 Å². The number of rotatable bonds is 2. The molecule has 1 rings (SSSR count). The smallest absolute Gasteiger partial charge is 0.0496 e. The van der Waals surface area contributed by atoms with Gasteiger partial charge in [0, 0.05) is 22.9 Å². The third-order valence-corrected chi connectivity index (χ3v) is 2.61. The Morgan fingerprint density at radius 3 is 2.92 bits per heavy atom.